The van der Waals surface area contributed by atoms with Gasteiger partial charge in [-0.3, -0.25) is 0 Å². The van der Waals surface area contributed by atoms with Gasteiger partial charge in [0.1, 0.15) is 5.82 Å². The summed E-state index contributed by atoms with van der Waals surface area (Å²) in [5.74, 6) is 1.61. The van der Waals surface area contributed by atoms with Crippen LogP contribution in [0.15, 0.2) is 12.4 Å². The van der Waals surface area contributed by atoms with Crippen LogP contribution in [0, 0.1) is 5.92 Å². The number of nitrogens with two attached hydrogens (primary N) is 1. The van der Waals surface area contributed by atoms with Gasteiger partial charge in [-0.2, -0.15) is 0 Å². The second kappa shape index (κ2) is 1.85. The van der Waals surface area contributed by atoms with Gasteiger partial charge < -0.3 is 10.3 Å². The second-order valence-corrected chi connectivity index (χ2v) is 3.51. The highest BCUT2D eigenvalue weighted by molar-refractivity contribution is 5.19. The van der Waals surface area contributed by atoms with Gasteiger partial charge in [0.2, 0.25) is 0 Å². The van der Waals surface area contributed by atoms with E-state index in [-0.39, 0.29) is 5.54 Å². The summed E-state index contributed by atoms with van der Waals surface area (Å²) in [7, 11) is 1.99. The standard InChI is InChI=1S/C8H13N3/c1-6-5-8(6,9)7-10-3-4-11(7)2/h3-4,6H,5,9H2,1-2H3. The number of hydrogen-bond donors (Lipinski definition) is 1. The van der Waals surface area contributed by atoms with Crippen LogP contribution in [0.3, 0.4) is 0 Å². The van der Waals surface area contributed by atoms with Crippen LogP contribution in [0.1, 0.15) is 19.2 Å². The molecule has 1 saturated carbocycles. The fraction of sp³-hybridized carbons (Fsp3) is 0.625. The predicted molar refractivity (Wildman–Crippen MR) is 42.9 cm³/mol. The van der Waals surface area contributed by atoms with Crippen LogP contribution in [-0.2, 0) is 12.6 Å². The lowest BCUT2D eigenvalue weighted by Crippen LogP contribution is -2.25. The monoisotopic (exact) mass is 151 g/mol. The molecule has 1 aromatic rings. The number of rotatable bonds is 1. The minimum Gasteiger partial charge on any atom is -0.336 e. The quantitative estimate of drug-likeness (QED) is 0.639. The van der Waals surface area contributed by atoms with E-state index in [1.807, 2.05) is 17.8 Å². The van der Waals surface area contributed by atoms with Crippen molar-refractivity contribution in [1.82, 2.24) is 9.55 Å². The van der Waals surface area contributed by atoms with Crippen LogP contribution >= 0.6 is 0 Å². The van der Waals surface area contributed by atoms with E-state index in [4.69, 9.17) is 5.73 Å². The van der Waals surface area contributed by atoms with E-state index in [1.165, 1.54) is 0 Å². The fourth-order valence-electron chi connectivity index (χ4n) is 1.57. The van der Waals surface area contributed by atoms with Crippen molar-refractivity contribution < 1.29 is 0 Å². The Morgan fingerprint density at radius 1 is 1.82 bits per heavy atom. The second-order valence-electron chi connectivity index (χ2n) is 3.51. The highest BCUT2D eigenvalue weighted by Gasteiger charge is 2.51. The fourth-order valence-corrected chi connectivity index (χ4v) is 1.57. The van der Waals surface area contributed by atoms with E-state index in [0.29, 0.717) is 5.92 Å². The van der Waals surface area contributed by atoms with Crippen molar-refractivity contribution in [3.8, 4) is 0 Å². The zero-order chi connectivity index (χ0) is 8.06. The summed E-state index contributed by atoms with van der Waals surface area (Å²) in [4.78, 5) is 4.24. The van der Waals surface area contributed by atoms with E-state index >= 15 is 0 Å². The van der Waals surface area contributed by atoms with Crippen LogP contribution < -0.4 is 5.73 Å². The lowest BCUT2D eigenvalue weighted by atomic mass is 10.2. The Hall–Kier alpha value is -0.830. The van der Waals surface area contributed by atoms with Crippen molar-refractivity contribution in [3.05, 3.63) is 18.2 Å². The van der Waals surface area contributed by atoms with E-state index in [9.17, 15) is 0 Å². The van der Waals surface area contributed by atoms with Gasteiger partial charge in [0.25, 0.3) is 0 Å². The molecule has 0 amide bonds. The molecule has 1 aromatic heterocycles. The summed E-state index contributed by atoms with van der Waals surface area (Å²) in [5.41, 5.74) is 5.95. The summed E-state index contributed by atoms with van der Waals surface area (Å²) in [6.45, 7) is 2.16. The molecule has 1 heterocycles. The van der Waals surface area contributed by atoms with E-state index in [1.54, 1.807) is 6.20 Å². The first kappa shape index (κ1) is 6.85. The topological polar surface area (TPSA) is 43.8 Å². The van der Waals surface area contributed by atoms with Crippen molar-refractivity contribution in [2.45, 2.75) is 18.9 Å². The van der Waals surface area contributed by atoms with Gasteiger partial charge in [-0.15, -0.1) is 0 Å². The summed E-state index contributed by atoms with van der Waals surface area (Å²) in [5, 5.41) is 0. The Morgan fingerprint density at radius 2 is 2.45 bits per heavy atom. The maximum Gasteiger partial charge on any atom is 0.128 e. The third-order valence-corrected chi connectivity index (χ3v) is 2.60. The lowest BCUT2D eigenvalue weighted by Gasteiger charge is -2.08. The molecule has 11 heavy (non-hydrogen) atoms. The van der Waals surface area contributed by atoms with Gasteiger partial charge in [-0.05, 0) is 12.3 Å². The molecule has 2 unspecified atom stereocenters. The van der Waals surface area contributed by atoms with Crippen molar-refractivity contribution in [2.75, 3.05) is 0 Å². The van der Waals surface area contributed by atoms with Gasteiger partial charge in [-0.1, -0.05) is 6.92 Å². The van der Waals surface area contributed by atoms with Crippen molar-refractivity contribution >= 4 is 0 Å². The molecule has 1 fully saturated rings. The van der Waals surface area contributed by atoms with Crippen molar-refractivity contribution in [2.24, 2.45) is 18.7 Å². The minimum atomic E-state index is -0.127. The molecule has 1 aliphatic carbocycles. The summed E-state index contributed by atoms with van der Waals surface area (Å²) in [6, 6.07) is 0. The zero-order valence-corrected chi connectivity index (χ0v) is 6.91. The summed E-state index contributed by atoms with van der Waals surface area (Å²) in [6.07, 6.45) is 4.81. The number of aryl methyl sites for hydroxylation is 1. The molecule has 2 N–H and O–H groups in total. The normalized spacial score (nSPS) is 35.7. The van der Waals surface area contributed by atoms with Crippen molar-refractivity contribution in [1.29, 1.82) is 0 Å². The maximum absolute atomic E-state index is 6.07. The molecule has 1 aliphatic rings. The molecule has 0 bridgehead atoms. The molecule has 0 spiro atoms. The van der Waals surface area contributed by atoms with Gasteiger partial charge >= 0.3 is 0 Å². The predicted octanol–water partition coefficient (Wildman–Crippen LogP) is 0.614. The van der Waals surface area contributed by atoms with Crippen LogP contribution in [0.4, 0.5) is 0 Å². The zero-order valence-electron chi connectivity index (χ0n) is 6.91. The third-order valence-electron chi connectivity index (χ3n) is 2.60. The molecular formula is C8H13N3. The molecule has 0 radical (unpaired) electrons. The summed E-state index contributed by atoms with van der Waals surface area (Å²) >= 11 is 0. The van der Waals surface area contributed by atoms with Gasteiger partial charge in [0.15, 0.2) is 0 Å². The minimum absolute atomic E-state index is 0.127. The largest absolute Gasteiger partial charge is 0.336 e. The molecule has 3 heteroatoms. The molecule has 0 aliphatic heterocycles. The Bertz CT molecular complexity index is 279. The number of hydrogen-bond acceptors (Lipinski definition) is 2. The average Bonchev–Trinajstić information content (AvgIpc) is 2.43. The smallest absolute Gasteiger partial charge is 0.128 e. The first-order chi connectivity index (χ1) is 5.14. The average molecular weight is 151 g/mol. The van der Waals surface area contributed by atoms with Crippen LogP contribution in [0.5, 0.6) is 0 Å². The van der Waals surface area contributed by atoms with Crippen LogP contribution in [-0.4, -0.2) is 9.55 Å². The molecule has 2 rings (SSSR count). The Kier molecular flexibility index (Phi) is 1.16. The molecule has 3 nitrogen and oxygen atoms in total. The molecule has 2 atom stereocenters. The van der Waals surface area contributed by atoms with Crippen LogP contribution in [0.25, 0.3) is 0 Å². The lowest BCUT2D eigenvalue weighted by molar-refractivity contribution is 0.585. The number of nitrogens with zero attached hydrogens (tertiary/aromatic N) is 2. The number of aromatic nitrogens is 2. The maximum atomic E-state index is 6.07. The first-order valence-electron chi connectivity index (χ1n) is 3.91. The Morgan fingerprint density at radius 3 is 2.82 bits per heavy atom. The SMILES string of the molecule is CC1CC1(N)c1nccn1C. The van der Waals surface area contributed by atoms with Gasteiger partial charge in [0, 0.05) is 19.4 Å². The molecule has 0 aromatic carbocycles. The van der Waals surface area contributed by atoms with Crippen LogP contribution in [0.2, 0.25) is 0 Å². The van der Waals surface area contributed by atoms with Crippen molar-refractivity contribution in [3.63, 3.8) is 0 Å². The summed E-state index contributed by atoms with van der Waals surface area (Å²) < 4.78 is 2.00. The van der Waals surface area contributed by atoms with E-state index < -0.39 is 0 Å². The molecule has 60 valence electrons. The van der Waals surface area contributed by atoms with Gasteiger partial charge in [0.05, 0.1) is 5.54 Å². The Labute approximate surface area is 66.2 Å². The molecule has 0 saturated heterocycles. The third kappa shape index (κ3) is 0.807. The van der Waals surface area contributed by atoms with E-state index in [2.05, 4.69) is 11.9 Å². The van der Waals surface area contributed by atoms with Gasteiger partial charge in [-0.25, -0.2) is 4.98 Å². The van der Waals surface area contributed by atoms with E-state index in [0.717, 1.165) is 12.2 Å². The highest BCUT2D eigenvalue weighted by atomic mass is 15.1. The Balaban J connectivity index is 2.37. The first-order valence-corrected chi connectivity index (χ1v) is 3.91. The number of imidazole rings is 1. The molecular weight excluding hydrogens is 138 g/mol. The highest BCUT2D eigenvalue weighted by Crippen LogP contribution is 2.47.